The van der Waals surface area contributed by atoms with E-state index in [-0.39, 0.29) is 18.0 Å². The average molecular weight is 581 g/mol. The van der Waals surface area contributed by atoms with Gasteiger partial charge in [0.2, 0.25) is 0 Å². The van der Waals surface area contributed by atoms with Crippen molar-refractivity contribution in [1.82, 2.24) is 4.90 Å². The van der Waals surface area contributed by atoms with Crippen LogP contribution in [0.3, 0.4) is 0 Å². The van der Waals surface area contributed by atoms with Gasteiger partial charge < -0.3 is 14.6 Å². The van der Waals surface area contributed by atoms with E-state index in [9.17, 15) is 20.0 Å². The normalized spacial score (nSPS) is 15.7. The monoisotopic (exact) mass is 580 g/mol. The maximum Gasteiger partial charge on any atom is 0.342 e. The number of hydrogen-bond donors (Lipinski definition) is 1. The molecule has 1 N–H and O–H groups in total. The molecule has 1 aliphatic heterocycles. The third-order valence-electron chi connectivity index (χ3n) is 7.73. The van der Waals surface area contributed by atoms with Gasteiger partial charge in [-0.1, -0.05) is 91.0 Å². The minimum absolute atomic E-state index is 0.139. The SMILES string of the molecule is O=C(O)c1ccc(-c2ccc(CCN(Cc3ccccc3)C[C@H](OC3CCCCO3)c3ccccc3)cc2)cc1[N+](=O)[O-]. The van der Waals surface area contributed by atoms with Crippen LogP contribution in [0.2, 0.25) is 0 Å². The highest BCUT2D eigenvalue weighted by molar-refractivity contribution is 5.93. The van der Waals surface area contributed by atoms with Crippen LogP contribution in [0.1, 0.15) is 52.4 Å². The Balaban J connectivity index is 1.32. The Morgan fingerprint density at radius 1 is 0.930 bits per heavy atom. The van der Waals surface area contributed by atoms with Gasteiger partial charge in [-0.3, -0.25) is 15.0 Å². The summed E-state index contributed by atoms with van der Waals surface area (Å²) in [5.41, 5.74) is 4.13. The van der Waals surface area contributed by atoms with Gasteiger partial charge in [-0.05, 0) is 59.6 Å². The topological polar surface area (TPSA) is 102 Å². The molecule has 43 heavy (non-hydrogen) atoms. The summed E-state index contributed by atoms with van der Waals surface area (Å²) in [5, 5.41) is 20.7. The van der Waals surface area contributed by atoms with Crippen molar-refractivity contribution in [3.05, 3.63) is 135 Å². The van der Waals surface area contributed by atoms with Crippen molar-refractivity contribution in [2.45, 2.75) is 44.6 Å². The minimum Gasteiger partial charge on any atom is -0.477 e. The Morgan fingerprint density at radius 2 is 1.63 bits per heavy atom. The number of ether oxygens (including phenoxy) is 2. The molecule has 1 aliphatic rings. The molecule has 222 valence electrons. The lowest BCUT2D eigenvalue weighted by Crippen LogP contribution is -2.34. The van der Waals surface area contributed by atoms with Crippen molar-refractivity contribution in [3.8, 4) is 11.1 Å². The molecule has 1 heterocycles. The zero-order valence-electron chi connectivity index (χ0n) is 24.0. The van der Waals surface area contributed by atoms with Crippen LogP contribution in [0, 0.1) is 10.1 Å². The lowest BCUT2D eigenvalue weighted by Gasteiger charge is -2.32. The second kappa shape index (κ2) is 14.7. The molecule has 1 saturated heterocycles. The van der Waals surface area contributed by atoms with E-state index in [1.165, 1.54) is 17.7 Å². The maximum absolute atomic E-state index is 11.4. The van der Waals surface area contributed by atoms with Gasteiger partial charge in [0.1, 0.15) is 5.56 Å². The predicted molar refractivity (Wildman–Crippen MR) is 165 cm³/mol. The molecule has 5 rings (SSSR count). The van der Waals surface area contributed by atoms with Crippen LogP contribution in [0.25, 0.3) is 11.1 Å². The zero-order valence-corrected chi connectivity index (χ0v) is 24.0. The van der Waals surface area contributed by atoms with E-state index >= 15 is 0 Å². The fourth-order valence-corrected chi connectivity index (χ4v) is 5.40. The number of benzene rings is 4. The molecule has 4 aromatic rings. The summed E-state index contributed by atoms with van der Waals surface area (Å²) in [5.74, 6) is -1.32. The van der Waals surface area contributed by atoms with Crippen molar-refractivity contribution in [2.24, 2.45) is 0 Å². The molecule has 1 unspecified atom stereocenters. The number of rotatable bonds is 13. The number of nitro groups is 1. The number of carbonyl (C=O) groups is 1. The fourth-order valence-electron chi connectivity index (χ4n) is 5.40. The van der Waals surface area contributed by atoms with Crippen LogP contribution < -0.4 is 0 Å². The molecule has 2 atom stereocenters. The van der Waals surface area contributed by atoms with Crippen LogP contribution >= 0.6 is 0 Å². The lowest BCUT2D eigenvalue weighted by atomic mass is 10.00. The average Bonchev–Trinajstić information content (AvgIpc) is 3.04. The van der Waals surface area contributed by atoms with Gasteiger partial charge in [-0.15, -0.1) is 0 Å². The summed E-state index contributed by atoms with van der Waals surface area (Å²) in [4.78, 5) is 24.6. The Bertz CT molecular complexity index is 1490. The molecule has 8 nitrogen and oxygen atoms in total. The highest BCUT2D eigenvalue weighted by Gasteiger charge is 2.24. The van der Waals surface area contributed by atoms with E-state index in [1.807, 2.05) is 48.5 Å². The van der Waals surface area contributed by atoms with Crippen LogP contribution in [0.15, 0.2) is 103 Å². The number of carboxylic acid groups (broad SMARTS) is 1. The largest absolute Gasteiger partial charge is 0.477 e. The summed E-state index contributed by atoms with van der Waals surface area (Å²) in [6.07, 6.45) is 3.53. The van der Waals surface area contributed by atoms with Gasteiger partial charge >= 0.3 is 5.97 Å². The molecule has 0 saturated carbocycles. The molecule has 1 fully saturated rings. The summed E-state index contributed by atoms with van der Waals surface area (Å²) in [6, 6.07) is 32.8. The standard InChI is InChI=1S/C35H36N2O6/c38-35(39)31-19-18-30(23-32(31)37(40)41)28-16-14-26(15-17-28)20-21-36(24-27-9-3-1-4-10-27)25-33(29-11-5-2-6-12-29)43-34-13-7-8-22-42-34/h1-6,9-12,14-19,23,33-34H,7-8,13,20-22,24-25H2,(H,38,39)/t33-,34?/m0/s1. The van der Waals surface area contributed by atoms with E-state index < -0.39 is 16.6 Å². The first-order valence-electron chi connectivity index (χ1n) is 14.7. The van der Waals surface area contributed by atoms with Gasteiger partial charge in [-0.25, -0.2) is 4.79 Å². The van der Waals surface area contributed by atoms with Crippen molar-refractivity contribution < 1.29 is 24.3 Å². The summed E-state index contributed by atoms with van der Waals surface area (Å²) in [6.45, 7) is 3.01. The molecule has 0 aliphatic carbocycles. The molecule has 0 radical (unpaired) electrons. The summed E-state index contributed by atoms with van der Waals surface area (Å²) >= 11 is 0. The van der Waals surface area contributed by atoms with Gasteiger partial charge in [-0.2, -0.15) is 0 Å². The van der Waals surface area contributed by atoms with Crippen LogP contribution in [-0.2, 0) is 22.4 Å². The fraction of sp³-hybridized carbons (Fsp3) is 0.286. The van der Waals surface area contributed by atoms with Crippen molar-refractivity contribution in [1.29, 1.82) is 0 Å². The van der Waals surface area contributed by atoms with Gasteiger partial charge in [0, 0.05) is 32.3 Å². The van der Waals surface area contributed by atoms with E-state index in [2.05, 4.69) is 41.3 Å². The molecule has 0 amide bonds. The van der Waals surface area contributed by atoms with Crippen molar-refractivity contribution in [2.75, 3.05) is 19.7 Å². The van der Waals surface area contributed by atoms with E-state index in [0.717, 1.165) is 62.1 Å². The highest BCUT2D eigenvalue weighted by Crippen LogP contribution is 2.29. The second-order valence-electron chi connectivity index (χ2n) is 10.8. The van der Waals surface area contributed by atoms with E-state index in [1.54, 1.807) is 6.07 Å². The summed E-state index contributed by atoms with van der Waals surface area (Å²) < 4.78 is 12.5. The minimum atomic E-state index is -1.32. The molecular weight excluding hydrogens is 544 g/mol. The number of nitro benzene ring substituents is 1. The predicted octanol–water partition coefficient (Wildman–Crippen LogP) is 7.29. The number of nitrogens with zero attached hydrogens (tertiary/aromatic N) is 2. The summed E-state index contributed by atoms with van der Waals surface area (Å²) in [7, 11) is 0. The molecule has 0 spiro atoms. The first-order valence-corrected chi connectivity index (χ1v) is 14.7. The van der Waals surface area contributed by atoms with Crippen LogP contribution in [0.5, 0.6) is 0 Å². The Hall–Kier alpha value is -4.37. The Morgan fingerprint density at radius 3 is 2.28 bits per heavy atom. The van der Waals surface area contributed by atoms with E-state index in [0.29, 0.717) is 12.1 Å². The molecule has 8 heteroatoms. The van der Waals surface area contributed by atoms with Gasteiger partial charge in [0.15, 0.2) is 6.29 Å². The molecule has 0 aromatic heterocycles. The second-order valence-corrected chi connectivity index (χ2v) is 10.8. The lowest BCUT2D eigenvalue weighted by molar-refractivity contribution is -0.385. The Kier molecular flexibility index (Phi) is 10.3. The number of aromatic carboxylic acids is 1. The van der Waals surface area contributed by atoms with Gasteiger partial charge in [0.05, 0.1) is 11.0 Å². The highest BCUT2D eigenvalue weighted by atomic mass is 16.7. The van der Waals surface area contributed by atoms with Crippen molar-refractivity contribution in [3.63, 3.8) is 0 Å². The first-order chi connectivity index (χ1) is 21.0. The maximum atomic E-state index is 11.4. The van der Waals surface area contributed by atoms with Crippen molar-refractivity contribution >= 4 is 11.7 Å². The van der Waals surface area contributed by atoms with Crippen LogP contribution in [-0.4, -0.2) is 46.9 Å². The smallest absolute Gasteiger partial charge is 0.342 e. The first kappa shape index (κ1) is 30.1. The number of carboxylic acids is 1. The zero-order chi connectivity index (χ0) is 30.0. The molecular formula is C35H36N2O6. The third-order valence-corrected chi connectivity index (χ3v) is 7.73. The third kappa shape index (κ3) is 8.35. The number of hydrogen-bond acceptors (Lipinski definition) is 6. The molecule has 0 bridgehead atoms. The van der Waals surface area contributed by atoms with Crippen LogP contribution in [0.4, 0.5) is 5.69 Å². The van der Waals surface area contributed by atoms with E-state index in [4.69, 9.17) is 9.47 Å². The quantitative estimate of drug-likeness (QED) is 0.131. The Labute approximate surface area is 251 Å². The molecule has 4 aromatic carbocycles. The van der Waals surface area contributed by atoms with Gasteiger partial charge in [0.25, 0.3) is 5.69 Å².